The summed E-state index contributed by atoms with van der Waals surface area (Å²) in [6.45, 7) is 5.20. The molecular formula is C36H40F3N3O5. The Morgan fingerprint density at radius 1 is 1.04 bits per heavy atom. The molecule has 2 amide bonds. The van der Waals surface area contributed by atoms with Gasteiger partial charge in [-0.1, -0.05) is 78.9 Å². The van der Waals surface area contributed by atoms with Crippen molar-refractivity contribution in [3.05, 3.63) is 108 Å². The number of rotatable bonds is 11. The molecule has 11 heteroatoms. The topological polar surface area (TPSA) is 91.3 Å². The second-order valence-electron chi connectivity index (χ2n) is 12.0. The van der Waals surface area contributed by atoms with Crippen molar-refractivity contribution >= 4 is 11.8 Å². The first-order valence-electron chi connectivity index (χ1n) is 15.7. The van der Waals surface area contributed by atoms with E-state index in [1.807, 2.05) is 85.9 Å². The van der Waals surface area contributed by atoms with Gasteiger partial charge in [-0.15, -0.1) is 6.58 Å². The number of benzene rings is 3. The van der Waals surface area contributed by atoms with Crippen molar-refractivity contribution < 1.29 is 37.3 Å². The molecular weight excluding hydrogens is 611 g/mol. The first-order valence-corrected chi connectivity index (χ1v) is 15.7. The molecule has 2 saturated heterocycles. The summed E-state index contributed by atoms with van der Waals surface area (Å²) in [6.07, 6.45) is -2.93. The van der Waals surface area contributed by atoms with Gasteiger partial charge >= 0.3 is 12.1 Å². The molecule has 250 valence electrons. The van der Waals surface area contributed by atoms with Gasteiger partial charge in [-0.2, -0.15) is 13.2 Å². The number of hydrogen-bond donors (Lipinski definition) is 2. The number of ether oxygens (including phenoxy) is 2. The van der Waals surface area contributed by atoms with E-state index in [0.717, 1.165) is 39.9 Å². The SMILES string of the molecule is C=CCN(C)C[C@H]1C[C@@H](c2ccc(CO)cc2)O[C@@H](c2ccc(-c3ccccc3CNC(=O)[C@@H]3CCCN3C(=O)C(F)(F)F)cc2)O1. The van der Waals surface area contributed by atoms with Gasteiger partial charge in [0.15, 0.2) is 6.29 Å². The number of amides is 2. The number of nitrogens with zero attached hydrogens (tertiary/aromatic N) is 2. The minimum atomic E-state index is -5.02. The van der Waals surface area contributed by atoms with Crippen molar-refractivity contribution in [1.29, 1.82) is 0 Å². The Bertz CT molecular complexity index is 1530. The highest BCUT2D eigenvalue weighted by Crippen LogP contribution is 2.39. The van der Waals surface area contributed by atoms with Gasteiger partial charge in [-0.25, -0.2) is 0 Å². The molecule has 2 heterocycles. The first kappa shape index (κ1) is 34.3. The predicted octanol–water partition coefficient (Wildman–Crippen LogP) is 5.68. The summed E-state index contributed by atoms with van der Waals surface area (Å²) in [5, 5.41) is 12.2. The largest absolute Gasteiger partial charge is 0.471 e. The second-order valence-corrected chi connectivity index (χ2v) is 12.0. The quantitative estimate of drug-likeness (QED) is 0.260. The fourth-order valence-electron chi connectivity index (χ4n) is 6.20. The van der Waals surface area contributed by atoms with Crippen molar-refractivity contribution in [2.24, 2.45) is 0 Å². The molecule has 0 aromatic heterocycles. The van der Waals surface area contributed by atoms with Crippen molar-refractivity contribution in [1.82, 2.24) is 15.1 Å². The number of hydrogen-bond acceptors (Lipinski definition) is 6. The molecule has 8 nitrogen and oxygen atoms in total. The maximum Gasteiger partial charge on any atom is 0.471 e. The number of nitrogens with one attached hydrogen (secondary N) is 1. The van der Waals surface area contributed by atoms with Crippen LogP contribution in [0.15, 0.2) is 85.5 Å². The summed E-state index contributed by atoms with van der Waals surface area (Å²) in [4.78, 5) is 27.5. The normalized spacial score (nSPS) is 21.5. The van der Waals surface area contributed by atoms with E-state index in [1.165, 1.54) is 0 Å². The van der Waals surface area contributed by atoms with Crippen LogP contribution in [-0.4, -0.2) is 71.7 Å². The van der Waals surface area contributed by atoms with Crippen LogP contribution >= 0.6 is 0 Å². The molecule has 2 aliphatic rings. The lowest BCUT2D eigenvalue weighted by molar-refractivity contribution is -0.252. The molecule has 0 aliphatic carbocycles. The number of likely N-dealkylation sites (N-methyl/N-ethyl adjacent to an activating group) is 1. The Balaban J connectivity index is 1.30. The third kappa shape index (κ3) is 8.47. The molecule has 0 unspecified atom stereocenters. The number of halogens is 3. The van der Waals surface area contributed by atoms with Gasteiger partial charge in [-0.05, 0) is 47.7 Å². The lowest BCUT2D eigenvalue weighted by atomic mass is 9.97. The summed E-state index contributed by atoms with van der Waals surface area (Å²) in [6, 6.07) is 21.8. The maximum atomic E-state index is 13.0. The van der Waals surface area contributed by atoms with Crippen LogP contribution in [0, 0.1) is 0 Å². The molecule has 0 bridgehead atoms. The lowest BCUT2D eigenvalue weighted by Gasteiger charge is -2.37. The predicted molar refractivity (Wildman–Crippen MR) is 171 cm³/mol. The number of aliphatic hydroxyl groups is 1. The molecule has 5 rings (SSSR count). The van der Waals surface area contributed by atoms with Crippen molar-refractivity contribution in [3.63, 3.8) is 0 Å². The van der Waals surface area contributed by atoms with Crippen LogP contribution in [0.3, 0.4) is 0 Å². The molecule has 0 radical (unpaired) electrons. The van der Waals surface area contributed by atoms with Gasteiger partial charge in [-0.3, -0.25) is 9.59 Å². The third-order valence-corrected chi connectivity index (χ3v) is 8.59. The van der Waals surface area contributed by atoms with Gasteiger partial charge < -0.3 is 29.7 Å². The van der Waals surface area contributed by atoms with E-state index in [1.54, 1.807) is 0 Å². The van der Waals surface area contributed by atoms with Gasteiger partial charge in [0.1, 0.15) is 6.04 Å². The van der Waals surface area contributed by atoms with Crippen LogP contribution in [0.1, 0.15) is 53.9 Å². The maximum absolute atomic E-state index is 13.0. The minimum absolute atomic E-state index is 0.0313. The van der Waals surface area contributed by atoms with E-state index in [4.69, 9.17) is 9.47 Å². The number of likely N-dealkylation sites (tertiary alicyclic amines) is 1. The Morgan fingerprint density at radius 2 is 1.74 bits per heavy atom. The smallest absolute Gasteiger partial charge is 0.392 e. The van der Waals surface area contributed by atoms with E-state index in [-0.39, 0.29) is 38.3 Å². The minimum Gasteiger partial charge on any atom is -0.392 e. The standard InChI is InChI=1S/C36H40F3N3O5/c1-3-18-41(2)22-29-20-32(26-12-10-24(23-43)11-13-26)47-34(46-29)27-16-14-25(15-17-27)30-8-5-4-7-28(30)21-40-33(44)31-9-6-19-42(31)35(45)36(37,38)39/h3-5,7-8,10-17,29,31-32,34,43H,1,6,9,18-23H2,2H3,(H,40,44)/t29-,31+,32+,34+/m1/s1. The highest BCUT2D eigenvalue weighted by atomic mass is 19.4. The van der Waals surface area contributed by atoms with Gasteiger partial charge in [0.05, 0.1) is 18.8 Å². The zero-order valence-electron chi connectivity index (χ0n) is 26.3. The Hall–Kier alpha value is -4.03. The van der Waals surface area contributed by atoms with E-state index in [2.05, 4.69) is 16.8 Å². The van der Waals surface area contributed by atoms with Crippen LogP contribution in [0.2, 0.25) is 0 Å². The van der Waals surface area contributed by atoms with E-state index in [9.17, 15) is 27.9 Å². The van der Waals surface area contributed by atoms with Crippen LogP contribution in [0.5, 0.6) is 0 Å². The number of carbonyl (C=O) groups excluding carboxylic acids is 2. The van der Waals surface area contributed by atoms with Gasteiger partial charge in [0.2, 0.25) is 5.91 Å². The van der Waals surface area contributed by atoms with Crippen LogP contribution in [-0.2, 0) is 32.2 Å². The van der Waals surface area contributed by atoms with E-state index < -0.39 is 30.3 Å². The molecule has 4 atom stereocenters. The average molecular weight is 652 g/mol. The molecule has 47 heavy (non-hydrogen) atoms. The van der Waals surface area contributed by atoms with Crippen LogP contribution in [0.4, 0.5) is 13.2 Å². The van der Waals surface area contributed by atoms with Crippen LogP contribution in [0.25, 0.3) is 11.1 Å². The summed E-state index contributed by atoms with van der Waals surface area (Å²) in [5.41, 5.74) is 5.17. The van der Waals surface area contributed by atoms with E-state index >= 15 is 0 Å². The Morgan fingerprint density at radius 3 is 2.43 bits per heavy atom. The van der Waals surface area contributed by atoms with E-state index in [0.29, 0.717) is 24.3 Å². The highest BCUT2D eigenvalue weighted by molar-refractivity contribution is 5.90. The molecule has 2 N–H and O–H groups in total. The van der Waals surface area contributed by atoms with Crippen molar-refractivity contribution in [2.75, 3.05) is 26.7 Å². The fourth-order valence-corrected chi connectivity index (χ4v) is 6.20. The lowest BCUT2D eigenvalue weighted by Crippen LogP contribution is -2.50. The number of alkyl halides is 3. The summed E-state index contributed by atoms with van der Waals surface area (Å²) < 4.78 is 52.0. The number of carbonyl (C=O) groups is 2. The first-order chi connectivity index (χ1) is 22.6. The summed E-state index contributed by atoms with van der Waals surface area (Å²) >= 11 is 0. The zero-order valence-corrected chi connectivity index (χ0v) is 26.3. The number of aliphatic hydroxyl groups excluding tert-OH is 1. The summed E-state index contributed by atoms with van der Waals surface area (Å²) in [7, 11) is 2.01. The Kier molecular flexibility index (Phi) is 11.1. The Labute approximate surface area is 272 Å². The second kappa shape index (κ2) is 15.2. The molecule has 0 saturated carbocycles. The molecule has 0 spiro atoms. The monoisotopic (exact) mass is 651 g/mol. The molecule has 2 aliphatic heterocycles. The van der Waals surface area contributed by atoms with Crippen molar-refractivity contribution in [3.8, 4) is 11.1 Å². The van der Waals surface area contributed by atoms with Crippen molar-refractivity contribution in [2.45, 2.75) is 63.1 Å². The molecule has 3 aromatic carbocycles. The third-order valence-electron chi connectivity index (χ3n) is 8.59. The van der Waals surface area contributed by atoms with Gasteiger partial charge in [0, 0.05) is 38.2 Å². The van der Waals surface area contributed by atoms with Crippen LogP contribution < -0.4 is 5.32 Å². The fraction of sp³-hybridized carbons (Fsp3) is 0.389. The van der Waals surface area contributed by atoms with Gasteiger partial charge in [0.25, 0.3) is 0 Å². The zero-order chi connectivity index (χ0) is 33.6. The molecule has 3 aromatic rings. The average Bonchev–Trinajstić information content (AvgIpc) is 3.57. The summed E-state index contributed by atoms with van der Waals surface area (Å²) in [5.74, 6) is -2.59. The molecule has 2 fully saturated rings. The highest BCUT2D eigenvalue weighted by Gasteiger charge is 2.47.